The highest BCUT2D eigenvalue weighted by atomic mass is 32.2. The van der Waals surface area contributed by atoms with Gasteiger partial charge in [0.25, 0.3) is 0 Å². The van der Waals surface area contributed by atoms with E-state index in [1.807, 2.05) is 12.1 Å². The van der Waals surface area contributed by atoms with Crippen molar-refractivity contribution in [1.82, 2.24) is 8.61 Å². The van der Waals surface area contributed by atoms with Gasteiger partial charge in [0.1, 0.15) is 0 Å². The van der Waals surface area contributed by atoms with Crippen LogP contribution in [0.5, 0.6) is 0 Å². The van der Waals surface area contributed by atoms with Gasteiger partial charge < -0.3 is 0 Å². The van der Waals surface area contributed by atoms with E-state index in [0.717, 1.165) is 5.56 Å². The number of nitrogens with zero attached hydrogens (tertiary/aromatic N) is 2. The van der Waals surface area contributed by atoms with Crippen molar-refractivity contribution < 1.29 is 16.8 Å². The summed E-state index contributed by atoms with van der Waals surface area (Å²) in [6.45, 7) is 4.79. The molecule has 1 fully saturated rings. The quantitative estimate of drug-likeness (QED) is 0.788. The second-order valence-electron chi connectivity index (χ2n) is 6.64. The molecule has 136 valence electrons. The molecule has 0 atom stereocenters. The molecule has 2 rings (SSSR count). The first-order valence-electron chi connectivity index (χ1n) is 8.06. The van der Waals surface area contributed by atoms with Crippen molar-refractivity contribution in [2.75, 3.05) is 26.4 Å². The summed E-state index contributed by atoms with van der Waals surface area (Å²) in [5, 5.41) is 0. The number of piperidine rings is 1. The molecule has 0 unspecified atom stereocenters. The number of sulfonamides is 2. The fourth-order valence-electron chi connectivity index (χ4n) is 2.89. The van der Waals surface area contributed by atoms with Crippen LogP contribution in [0.4, 0.5) is 0 Å². The lowest BCUT2D eigenvalue weighted by Crippen LogP contribution is -2.46. The molecule has 1 saturated heterocycles. The monoisotopic (exact) mass is 374 g/mol. The third-order valence-electron chi connectivity index (χ3n) is 4.65. The van der Waals surface area contributed by atoms with Crippen LogP contribution in [0.25, 0.3) is 0 Å². The van der Waals surface area contributed by atoms with Gasteiger partial charge in [-0.3, -0.25) is 0 Å². The van der Waals surface area contributed by atoms with Crippen molar-refractivity contribution in [3.8, 4) is 0 Å². The molecular formula is C16H26N2O4S2. The molecule has 1 aromatic carbocycles. The van der Waals surface area contributed by atoms with Gasteiger partial charge in [0.05, 0.1) is 11.2 Å². The number of rotatable bonds is 5. The molecule has 0 bridgehead atoms. The normalized spacial score (nSPS) is 18.4. The summed E-state index contributed by atoms with van der Waals surface area (Å²) < 4.78 is 51.5. The number of hydrogen-bond donors (Lipinski definition) is 0. The van der Waals surface area contributed by atoms with E-state index in [0.29, 0.717) is 36.7 Å². The molecule has 0 N–H and O–H groups in total. The third-order valence-corrected chi connectivity index (χ3v) is 7.90. The van der Waals surface area contributed by atoms with Crippen LogP contribution in [-0.4, -0.2) is 57.9 Å². The Morgan fingerprint density at radius 2 is 1.54 bits per heavy atom. The van der Waals surface area contributed by atoms with Crippen molar-refractivity contribution >= 4 is 20.0 Å². The number of benzene rings is 1. The Balaban J connectivity index is 2.10. The minimum atomic E-state index is -3.52. The third kappa shape index (κ3) is 4.17. The van der Waals surface area contributed by atoms with E-state index < -0.39 is 20.0 Å². The Morgan fingerprint density at radius 3 is 1.96 bits per heavy atom. The van der Waals surface area contributed by atoms with E-state index in [4.69, 9.17) is 0 Å². The highest BCUT2D eigenvalue weighted by Gasteiger charge is 2.32. The van der Waals surface area contributed by atoms with Gasteiger partial charge in [-0.05, 0) is 36.5 Å². The fourth-order valence-corrected chi connectivity index (χ4v) is 5.11. The minimum absolute atomic E-state index is 0.144. The van der Waals surface area contributed by atoms with Crippen molar-refractivity contribution in [1.29, 1.82) is 0 Å². The molecule has 1 aliphatic rings. The molecule has 8 heteroatoms. The summed E-state index contributed by atoms with van der Waals surface area (Å²) in [6, 6.07) is 6.86. The average molecular weight is 375 g/mol. The van der Waals surface area contributed by atoms with Gasteiger partial charge in [-0.1, -0.05) is 26.0 Å². The molecule has 24 heavy (non-hydrogen) atoms. The highest BCUT2D eigenvalue weighted by molar-refractivity contribution is 7.89. The Bertz CT molecular complexity index is 763. The van der Waals surface area contributed by atoms with Crippen molar-refractivity contribution in [2.45, 2.75) is 43.5 Å². The van der Waals surface area contributed by atoms with E-state index >= 15 is 0 Å². The molecule has 6 nitrogen and oxygen atoms in total. The van der Waals surface area contributed by atoms with Crippen LogP contribution < -0.4 is 0 Å². The van der Waals surface area contributed by atoms with Crippen LogP contribution in [0.15, 0.2) is 29.2 Å². The molecule has 0 aromatic heterocycles. The van der Waals surface area contributed by atoms with Crippen LogP contribution in [0.2, 0.25) is 0 Å². The minimum Gasteiger partial charge on any atom is -0.213 e. The second kappa shape index (κ2) is 7.11. The highest BCUT2D eigenvalue weighted by Crippen LogP contribution is 2.25. The lowest BCUT2D eigenvalue weighted by molar-refractivity contribution is 0.239. The maximum Gasteiger partial charge on any atom is 0.243 e. The molecule has 0 spiro atoms. The largest absolute Gasteiger partial charge is 0.243 e. The first-order chi connectivity index (χ1) is 11.0. The molecule has 1 heterocycles. The zero-order valence-electron chi connectivity index (χ0n) is 14.6. The van der Waals surface area contributed by atoms with Gasteiger partial charge in [-0.2, -0.15) is 4.31 Å². The standard InChI is InChI=1S/C16H26N2O4S2/c1-13(2)14-5-7-16(8-6-14)24(21,22)18-11-9-15(10-12-18)17(3)23(4,19)20/h5-8,13,15H,9-12H2,1-4H3. The fraction of sp³-hybridized carbons (Fsp3) is 0.625. The topological polar surface area (TPSA) is 74.8 Å². The maximum absolute atomic E-state index is 12.7. The molecule has 0 saturated carbocycles. The van der Waals surface area contributed by atoms with Gasteiger partial charge in [0.15, 0.2) is 0 Å². The summed E-state index contributed by atoms with van der Waals surface area (Å²) >= 11 is 0. The Kier molecular flexibility index (Phi) is 5.74. The van der Waals surface area contributed by atoms with Gasteiger partial charge in [-0.25, -0.2) is 21.1 Å². The van der Waals surface area contributed by atoms with E-state index in [1.54, 1.807) is 19.2 Å². The van der Waals surface area contributed by atoms with Gasteiger partial charge in [0, 0.05) is 26.2 Å². The summed E-state index contributed by atoms with van der Waals surface area (Å²) in [6.07, 6.45) is 2.19. The first kappa shape index (κ1) is 19.4. The molecule has 0 aliphatic carbocycles. The van der Waals surface area contributed by atoms with E-state index in [9.17, 15) is 16.8 Å². The van der Waals surface area contributed by atoms with Crippen LogP contribution in [0.3, 0.4) is 0 Å². The summed E-state index contributed by atoms with van der Waals surface area (Å²) in [4.78, 5) is 0.293. The summed E-state index contributed by atoms with van der Waals surface area (Å²) in [7, 11) is -5.23. The molecule has 0 amide bonds. The number of hydrogen-bond acceptors (Lipinski definition) is 4. The average Bonchev–Trinajstić information content (AvgIpc) is 2.53. The van der Waals surface area contributed by atoms with E-state index in [2.05, 4.69) is 13.8 Å². The van der Waals surface area contributed by atoms with Crippen molar-refractivity contribution in [2.24, 2.45) is 0 Å². The lowest BCUT2D eigenvalue weighted by atomic mass is 10.0. The summed E-state index contributed by atoms with van der Waals surface area (Å²) in [5.74, 6) is 0.351. The van der Waals surface area contributed by atoms with Crippen LogP contribution in [0, 0.1) is 0 Å². The molecule has 1 aliphatic heterocycles. The van der Waals surface area contributed by atoms with Crippen LogP contribution >= 0.6 is 0 Å². The van der Waals surface area contributed by atoms with Gasteiger partial charge in [-0.15, -0.1) is 0 Å². The Labute approximate surface area is 145 Å². The SMILES string of the molecule is CC(C)c1ccc(S(=O)(=O)N2CCC(N(C)S(C)(=O)=O)CC2)cc1. The Morgan fingerprint density at radius 1 is 1.04 bits per heavy atom. The zero-order valence-corrected chi connectivity index (χ0v) is 16.3. The molecular weight excluding hydrogens is 348 g/mol. The van der Waals surface area contributed by atoms with E-state index in [-0.39, 0.29) is 6.04 Å². The van der Waals surface area contributed by atoms with Gasteiger partial charge in [0.2, 0.25) is 20.0 Å². The first-order valence-corrected chi connectivity index (χ1v) is 11.4. The summed E-state index contributed by atoms with van der Waals surface area (Å²) in [5.41, 5.74) is 1.10. The second-order valence-corrected chi connectivity index (χ2v) is 10.6. The smallest absolute Gasteiger partial charge is 0.213 e. The lowest BCUT2D eigenvalue weighted by Gasteiger charge is -2.35. The van der Waals surface area contributed by atoms with E-state index in [1.165, 1.54) is 14.9 Å². The van der Waals surface area contributed by atoms with Crippen molar-refractivity contribution in [3.63, 3.8) is 0 Å². The molecule has 1 aromatic rings. The zero-order chi connectivity index (χ0) is 18.1. The maximum atomic E-state index is 12.7. The van der Waals surface area contributed by atoms with Gasteiger partial charge >= 0.3 is 0 Å². The van der Waals surface area contributed by atoms with Crippen LogP contribution in [0.1, 0.15) is 38.2 Å². The Hall–Kier alpha value is -0.960. The van der Waals surface area contributed by atoms with Crippen LogP contribution in [-0.2, 0) is 20.0 Å². The predicted molar refractivity (Wildman–Crippen MR) is 94.9 cm³/mol. The predicted octanol–water partition coefficient (Wildman–Crippen LogP) is 1.85. The van der Waals surface area contributed by atoms with Crippen molar-refractivity contribution in [3.05, 3.63) is 29.8 Å². The molecule has 0 radical (unpaired) electrons.